The SMILES string of the molecule is CCCCCCCC/C=C\C/C=C/CCC(=O)OC(CCCCCCC/C=C/CCCCCCCC)CC(=O)NC(CO)C(O)CCCCCCCCCCCCCCCC. The van der Waals surface area contributed by atoms with Crippen LogP contribution in [0, 0.1) is 0 Å². The van der Waals surface area contributed by atoms with Crippen molar-refractivity contribution in [3.05, 3.63) is 36.5 Å². The van der Waals surface area contributed by atoms with E-state index < -0.39 is 18.2 Å². The van der Waals surface area contributed by atoms with E-state index in [1.807, 2.05) is 6.08 Å². The summed E-state index contributed by atoms with van der Waals surface area (Å²) in [5.41, 5.74) is 0. The van der Waals surface area contributed by atoms with Crippen molar-refractivity contribution < 1.29 is 24.5 Å². The van der Waals surface area contributed by atoms with E-state index in [1.54, 1.807) is 0 Å². The van der Waals surface area contributed by atoms with Gasteiger partial charge in [0.15, 0.2) is 0 Å². The maximum Gasteiger partial charge on any atom is 0.306 e. The first-order valence-electron chi connectivity index (χ1n) is 26.7. The van der Waals surface area contributed by atoms with Crippen LogP contribution in [0.4, 0.5) is 0 Å². The molecular weight excluding hydrogens is 755 g/mol. The Balaban J connectivity index is 4.63. The molecule has 0 saturated heterocycles. The van der Waals surface area contributed by atoms with Crippen molar-refractivity contribution in [2.75, 3.05) is 6.61 Å². The van der Waals surface area contributed by atoms with E-state index >= 15 is 0 Å². The molecule has 0 radical (unpaired) electrons. The van der Waals surface area contributed by atoms with E-state index in [1.165, 1.54) is 167 Å². The molecule has 1 amide bonds. The number of hydrogen-bond donors (Lipinski definition) is 3. The fraction of sp³-hybridized carbons (Fsp3) is 0.855. The molecular formula is C55H103NO5. The Labute approximate surface area is 379 Å². The Morgan fingerprint density at radius 2 is 0.836 bits per heavy atom. The number of ether oxygens (including phenoxy) is 1. The molecule has 0 aliphatic carbocycles. The molecule has 0 aromatic rings. The summed E-state index contributed by atoms with van der Waals surface area (Å²) in [6.07, 6.45) is 57.8. The Kier molecular flexibility index (Phi) is 47.6. The van der Waals surface area contributed by atoms with Gasteiger partial charge < -0.3 is 20.3 Å². The molecule has 6 heteroatoms. The predicted octanol–water partition coefficient (Wildman–Crippen LogP) is 16.1. The highest BCUT2D eigenvalue weighted by atomic mass is 16.5. The van der Waals surface area contributed by atoms with E-state index in [0.29, 0.717) is 25.7 Å². The van der Waals surface area contributed by atoms with Gasteiger partial charge in [-0.15, -0.1) is 0 Å². The molecule has 3 unspecified atom stereocenters. The number of aliphatic hydroxyl groups is 2. The number of rotatable bonds is 48. The number of amides is 1. The molecule has 0 aromatic heterocycles. The molecule has 0 fully saturated rings. The number of allylic oxidation sites excluding steroid dienone is 6. The van der Waals surface area contributed by atoms with Gasteiger partial charge in [-0.1, -0.05) is 231 Å². The molecule has 0 heterocycles. The Morgan fingerprint density at radius 3 is 1.26 bits per heavy atom. The van der Waals surface area contributed by atoms with E-state index in [4.69, 9.17) is 4.74 Å². The van der Waals surface area contributed by atoms with E-state index in [2.05, 4.69) is 56.5 Å². The highest BCUT2D eigenvalue weighted by molar-refractivity contribution is 5.77. The maximum absolute atomic E-state index is 13.2. The predicted molar refractivity (Wildman–Crippen MR) is 264 cm³/mol. The second-order valence-electron chi connectivity index (χ2n) is 18.3. The normalized spacial score (nSPS) is 13.5. The molecule has 3 N–H and O–H groups in total. The number of unbranched alkanes of at least 4 members (excludes halogenated alkanes) is 30. The molecule has 61 heavy (non-hydrogen) atoms. The van der Waals surface area contributed by atoms with Crippen LogP contribution in [0.25, 0.3) is 0 Å². The van der Waals surface area contributed by atoms with Crippen molar-refractivity contribution in [2.24, 2.45) is 0 Å². The van der Waals surface area contributed by atoms with Crippen LogP contribution in [0.15, 0.2) is 36.5 Å². The zero-order valence-corrected chi connectivity index (χ0v) is 40.8. The fourth-order valence-corrected chi connectivity index (χ4v) is 8.13. The number of carbonyl (C=O) groups is 2. The molecule has 0 aliphatic rings. The molecule has 3 atom stereocenters. The van der Waals surface area contributed by atoms with Gasteiger partial charge in [-0.25, -0.2) is 0 Å². The lowest BCUT2D eigenvalue weighted by atomic mass is 10.0. The average Bonchev–Trinajstić information content (AvgIpc) is 3.25. The number of carbonyl (C=O) groups excluding carboxylic acids is 2. The third-order valence-corrected chi connectivity index (χ3v) is 12.2. The summed E-state index contributed by atoms with van der Waals surface area (Å²) in [4.78, 5) is 26.1. The lowest BCUT2D eigenvalue weighted by Gasteiger charge is -2.24. The van der Waals surface area contributed by atoms with Crippen LogP contribution >= 0.6 is 0 Å². The minimum Gasteiger partial charge on any atom is -0.462 e. The zero-order chi connectivity index (χ0) is 44.5. The van der Waals surface area contributed by atoms with Gasteiger partial charge in [0.25, 0.3) is 0 Å². The Hall–Kier alpha value is -1.92. The van der Waals surface area contributed by atoms with Crippen molar-refractivity contribution in [1.29, 1.82) is 0 Å². The molecule has 358 valence electrons. The summed E-state index contributed by atoms with van der Waals surface area (Å²) >= 11 is 0. The number of esters is 1. The summed E-state index contributed by atoms with van der Waals surface area (Å²) in [5, 5.41) is 23.8. The lowest BCUT2D eigenvalue weighted by Crippen LogP contribution is -2.46. The standard InChI is InChI=1S/C55H103NO5/c1-4-7-10-13-16-19-22-25-27-29-31-34-37-40-43-46-51(61-55(60)48-45-42-39-36-33-28-24-21-18-15-12-9-6-3)49-54(59)56-52(50-57)53(58)47-44-41-38-35-32-30-26-23-20-17-14-11-8-5-2/h25,27-28,33,39,42,51-53,57-58H,4-24,26,29-32,34-38,40-41,43-50H2,1-3H3,(H,56,59)/b27-25+,33-28-,42-39+. The van der Waals surface area contributed by atoms with Crippen LogP contribution in [0.3, 0.4) is 0 Å². The van der Waals surface area contributed by atoms with E-state index in [-0.39, 0.29) is 24.9 Å². The van der Waals surface area contributed by atoms with Gasteiger partial charge in [0.1, 0.15) is 6.10 Å². The van der Waals surface area contributed by atoms with E-state index in [9.17, 15) is 19.8 Å². The molecule has 0 aromatic carbocycles. The molecule has 0 bridgehead atoms. The molecule has 0 spiro atoms. The van der Waals surface area contributed by atoms with Crippen LogP contribution < -0.4 is 5.32 Å². The summed E-state index contributed by atoms with van der Waals surface area (Å²) in [6.45, 7) is 6.47. The summed E-state index contributed by atoms with van der Waals surface area (Å²) in [5.74, 6) is -0.553. The molecule has 0 rings (SSSR count). The summed E-state index contributed by atoms with van der Waals surface area (Å²) in [7, 11) is 0. The third kappa shape index (κ3) is 44.5. The van der Waals surface area contributed by atoms with Crippen molar-refractivity contribution >= 4 is 11.9 Å². The van der Waals surface area contributed by atoms with Crippen molar-refractivity contribution in [3.8, 4) is 0 Å². The van der Waals surface area contributed by atoms with Crippen molar-refractivity contribution in [3.63, 3.8) is 0 Å². The second kappa shape index (κ2) is 49.1. The average molecular weight is 858 g/mol. The van der Waals surface area contributed by atoms with Crippen LogP contribution in [-0.4, -0.2) is 46.9 Å². The van der Waals surface area contributed by atoms with Crippen LogP contribution in [0.1, 0.15) is 278 Å². The van der Waals surface area contributed by atoms with Gasteiger partial charge in [-0.2, -0.15) is 0 Å². The van der Waals surface area contributed by atoms with Crippen LogP contribution in [0.2, 0.25) is 0 Å². The summed E-state index contributed by atoms with van der Waals surface area (Å²) < 4.78 is 5.90. The summed E-state index contributed by atoms with van der Waals surface area (Å²) in [6, 6.07) is -0.712. The molecule has 0 aliphatic heterocycles. The minimum atomic E-state index is -0.796. The quantitative estimate of drug-likeness (QED) is 0.0322. The van der Waals surface area contributed by atoms with Gasteiger partial charge in [-0.3, -0.25) is 9.59 Å². The van der Waals surface area contributed by atoms with Gasteiger partial charge >= 0.3 is 5.97 Å². The highest BCUT2D eigenvalue weighted by Gasteiger charge is 2.24. The highest BCUT2D eigenvalue weighted by Crippen LogP contribution is 2.17. The van der Waals surface area contributed by atoms with E-state index in [0.717, 1.165) is 57.8 Å². The zero-order valence-electron chi connectivity index (χ0n) is 40.8. The first-order valence-corrected chi connectivity index (χ1v) is 26.7. The van der Waals surface area contributed by atoms with Gasteiger partial charge in [0.05, 0.1) is 25.2 Å². The van der Waals surface area contributed by atoms with Gasteiger partial charge in [-0.05, 0) is 70.6 Å². The smallest absolute Gasteiger partial charge is 0.306 e. The Bertz CT molecular complexity index is 1010. The topological polar surface area (TPSA) is 95.9 Å². The van der Waals surface area contributed by atoms with Crippen molar-refractivity contribution in [2.45, 2.75) is 296 Å². The Morgan fingerprint density at radius 1 is 0.475 bits per heavy atom. The number of aliphatic hydroxyl groups excluding tert-OH is 2. The maximum atomic E-state index is 13.2. The lowest BCUT2D eigenvalue weighted by molar-refractivity contribution is -0.150. The van der Waals surface area contributed by atoms with Gasteiger partial charge in [0.2, 0.25) is 5.91 Å². The fourth-order valence-electron chi connectivity index (χ4n) is 8.13. The largest absolute Gasteiger partial charge is 0.462 e. The third-order valence-electron chi connectivity index (χ3n) is 12.2. The monoisotopic (exact) mass is 858 g/mol. The number of nitrogens with one attached hydrogen (secondary N) is 1. The second-order valence-corrected chi connectivity index (χ2v) is 18.3. The van der Waals surface area contributed by atoms with Crippen LogP contribution in [-0.2, 0) is 14.3 Å². The molecule has 0 saturated carbocycles. The first kappa shape index (κ1) is 59.1. The first-order chi connectivity index (χ1) is 30.0. The molecule has 6 nitrogen and oxygen atoms in total. The minimum absolute atomic E-state index is 0.0520. The van der Waals surface area contributed by atoms with Gasteiger partial charge in [0, 0.05) is 6.42 Å². The number of hydrogen-bond acceptors (Lipinski definition) is 5. The van der Waals surface area contributed by atoms with Crippen molar-refractivity contribution in [1.82, 2.24) is 5.32 Å². The van der Waals surface area contributed by atoms with Crippen LogP contribution in [0.5, 0.6) is 0 Å².